The number of aryl methyl sites for hydroxylation is 2. The van der Waals surface area contributed by atoms with Gasteiger partial charge in [-0.25, -0.2) is 19.9 Å². The number of hydrogen-bond donors (Lipinski definition) is 4. The van der Waals surface area contributed by atoms with Crippen LogP contribution >= 0.6 is 0 Å². The smallest absolute Gasteiger partial charge is 0.242 e. The minimum Gasteiger partial charge on any atom is -0.483 e. The van der Waals surface area contributed by atoms with Crippen molar-refractivity contribution in [2.45, 2.75) is 67.0 Å². The van der Waals surface area contributed by atoms with Crippen LogP contribution in [-0.4, -0.2) is 90.7 Å². The lowest BCUT2D eigenvalue weighted by atomic mass is 9.98. The Morgan fingerprint density at radius 1 is 0.732 bits per heavy atom. The van der Waals surface area contributed by atoms with Crippen molar-refractivity contribution in [3.63, 3.8) is 0 Å². The molecule has 6 rings (SSSR count). The molecule has 4 heterocycles. The fourth-order valence-electron chi connectivity index (χ4n) is 6.50. The Kier molecular flexibility index (Phi) is 12.2. The Morgan fingerprint density at radius 3 is 1.77 bits per heavy atom. The van der Waals surface area contributed by atoms with E-state index in [0.717, 1.165) is 46.5 Å². The molecule has 16 nitrogen and oxygen atoms in total. The molecule has 0 aliphatic carbocycles. The highest BCUT2D eigenvalue weighted by Crippen LogP contribution is 2.40. The molecular formula is C40H48N10O6. The highest BCUT2D eigenvalue weighted by Gasteiger charge is 2.23. The van der Waals surface area contributed by atoms with Crippen LogP contribution < -0.4 is 10.6 Å². The van der Waals surface area contributed by atoms with Crippen LogP contribution in [0.5, 0.6) is 0 Å². The van der Waals surface area contributed by atoms with Crippen LogP contribution in [0.25, 0.3) is 55.8 Å². The molecule has 0 spiro atoms. The molecule has 4 aromatic heterocycles. The number of carbonyl (C=O) groups is 3. The zero-order valence-corrected chi connectivity index (χ0v) is 32.7. The summed E-state index contributed by atoms with van der Waals surface area (Å²) in [6.45, 7) is 14.7. The molecule has 3 amide bonds. The average molecular weight is 765 g/mol. The Hall–Kier alpha value is -6.45. The standard InChI is InChI=1S/C40H48N10O6/c1-8-15-49(35(52)19-41-23(4)54-7)22-33-43-18-31(48-33)29-14-11-26(37-40(29)56-24(5)45-37)27-12-13-28(38-39(27)55-25(6)46-38)30-17-42-32(47-30)21-50(16-9-2)36(53)20-44-34(51)10-3/h11-14,17-18,41H,4,8-10,15-16,19-22H2,1-3,5-7H3,(H,42,47)(H,43,48)(H,44,51). The van der Waals surface area contributed by atoms with Crippen molar-refractivity contribution in [1.29, 1.82) is 0 Å². The molecule has 0 radical (unpaired) electrons. The number of nitrogens with zero attached hydrogens (tertiary/aromatic N) is 6. The van der Waals surface area contributed by atoms with Crippen LogP contribution in [0.3, 0.4) is 0 Å². The Morgan fingerprint density at radius 2 is 1.21 bits per heavy atom. The average Bonchev–Trinajstić information content (AvgIpc) is 4.01. The molecule has 0 saturated carbocycles. The number of benzene rings is 2. The van der Waals surface area contributed by atoms with Crippen LogP contribution in [0.2, 0.25) is 0 Å². The van der Waals surface area contributed by atoms with Crippen LogP contribution in [0.1, 0.15) is 63.5 Å². The summed E-state index contributed by atoms with van der Waals surface area (Å²) >= 11 is 0. The van der Waals surface area contributed by atoms with E-state index in [1.54, 1.807) is 43.0 Å². The first-order valence-corrected chi connectivity index (χ1v) is 18.7. The van der Waals surface area contributed by atoms with Gasteiger partial charge >= 0.3 is 0 Å². The number of ether oxygens (including phenoxy) is 1. The van der Waals surface area contributed by atoms with Gasteiger partial charge in [0.1, 0.15) is 22.7 Å². The van der Waals surface area contributed by atoms with Crippen LogP contribution in [0.4, 0.5) is 0 Å². The zero-order chi connectivity index (χ0) is 39.9. The number of hydrogen-bond acceptors (Lipinski definition) is 11. The number of rotatable bonds is 18. The van der Waals surface area contributed by atoms with E-state index >= 15 is 0 Å². The van der Waals surface area contributed by atoms with E-state index in [9.17, 15) is 14.4 Å². The second-order valence-corrected chi connectivity index (χ2v) is 13.4. The summed E-state index contributed by atoms with van der Waals surface area (Å²) in [4.78, 5) is 66.5. The quantitative estimate of drug-likeness (QED) is 0.0778. The van der Waals surface area contributed by atoms with Crippen molar-refractivity contribution in [1.82, 2.24) is 50.3 Å². The molecule has 0 unspecified atom stereocenters. The fourth-order valence-corrected chi connectivity index (χ4v) is 6.50. The minimum atomic E-state index is -0.177. The van der Waals surface area contributed by atoms with Crippen LogP contribution in [0, 0.1) is 13.8 Å². The van der Waals surface area contributed by atoms with E-state index in [0.29, 0.717) is 77.6 Å². The normalized spacial score (nSPS) is 11.2. The third-order valence-electron chi connectivity index (χ3n) is 9.24. The van der Waals surface area contributed by atoms with Gasteiger partial charge in [-0.3, -0.25) is 14.4 Å². The third kappa shape index (κ3) is 8.59. The number of oxazole rings is 2. The van der Waals surface area contributed by atoms with E-state index in [2.05, 4.69) is 37.1 Å². The van der Waals surface area contributed by atoms with Gasteiger partial charge in [-0.05, 0) is 37.6 Å². The monoisotopic (exact) mass is 764 g/mol. The maximum Gasteiger partial charge on any atom is 0.242 e. The third-order valence-corrected chi connectivity index (χ3v) is 9.24. The maximum atomic E-state index is 13.0. The summed E-state index contributed by atoms with van der Waals surface area (Å²) in [5, 5.41) is 5.54. The molecule has 294 valence electrons. The van der Waals surface area contributed by atoms with E-state index in [-0.39, 0.29) is 37.4 Å². The molecule has 0 bridgehead atoms. The molecule has 4 N–H and O–H groups in total. The van der Waals surface area contributed by atoms with E-state index in [1.165, 1.54) is 7.11 Å². The van der Waals surface area contributed by atoms with Gasteiger partial charge in [0, 0.05) is 55.6 Å². The van der Waals surface area contributed by atoms with Gasteiger partial charge in [0.15, 0.2) is 28.8 Å². The molecule has 0 aliphatic rings. The van der Waals surface area contributed by atoms with Crippen LogP contribution in [-0.2, 0) is 32.2 Å². The number of amides is 3. The lowest BCUT2D eigenvalue weighted by Crippen LogP contribution is -2.40. The number of H-pyrrole nitrogens is 2. The predicted octanol–water partition coefficient (Wildman–Crippen LogP) is 5.74. The van der Waals surface area contributed by atoms with Gasteiger partial charge in [-0.1, -0.05) is 26.8 Å². The summed E-state index contributed by atoms with van der Waals surface area (Å²) in [6, 6.07) is 7.86. The van der Waals surface area contributed by atoms with Crippen molar-refractivity contribution in [2.24, 2.45) is 0 Å². The Bertz CT molecular complexity index is 2200. The first-order valence-electron chi connectivity index (χ1n) is 18.7. The summed E-state index contributed by atoms with van der Waals surface area (Å²) in [5.74, 6) is 2.09. The maximum absolute atomic E-state index is 13.0. The summed E-state index contributed by atoms with van der Waals surface area (Å²) in [5.41, 5.74) is 7.01. The van der Waals surface area contributed by atoms with Crippen molar-refractivity contribution in [2.75, 3.05) is 33.3 Å². The van der Waals surface area contributed by atoms with Gasteiger partial charge in [0.05, 0.1) is 57.1 Å². The second kappa shape index (κ2) is 17.3. The molecular weight excluding hydrogens is 717 g/mol. The van der Waals surface area contributed by atoms with Crippen molar-refractivity contribution in [3.05, 3.63) is 72.6 Å². The minimum absolute atomic E-state index is 0.0592. The number of aromatic amines is 2. The molecule has 16 heteroatoms. The van der Waals surface area contributed by atoms with Gasteiger partial charge in [-0.15, -0.1) is 0 Å². The van der Waals surface area contributed by atoms with E-state index < -0.39 is 0 Å². The van der Waals surface area contributed by atoms with Gasteiger partial charge in [0.25, 0.3) is 0 Å². The molecule has 0 saturated heterocycles. The van der Waals surface area contributed by atoms with Crippen molar-refractivity contribution < 1.29 is 28.0 Å². The molecule has 0 aliphatic heterocycles. The number of nitrogens with one attached hydrogen (secondary N) is 4. The van der Waals surface area contributed by atoms with Crippen molar-refractivity contribution in [3.8, 4) is 33.6 Å². The molecule has 2 aromatic carbocycles. The molecule has 6 aromatic rings. The predicted molar refractivity (Wildman–Crippen MR) is 211 cm³/mol. The van der Waals surface area contributed by atoms with E-state index in [4.69, 9.17) is 23.5 Å². The molecule has 56 heavy (non-hydrogen) atoms. The number of methoxy groups -OCH3 is 1. The number of fused-ring (bicyclic) bond motifs is 2. The number of aromatic nitrogens is 6. The van der Waals surface area contributed by atoms with E-state index in [1.807, 2.05) is 38.1 Å². The second-order valence-electron chi connectivity index (χ2n) is 13.4. The fraction of sp³-hybridized carbons (Fsp3) is 0.375. The number of carbonyl (C=O) groups excluding carboxylic acids is 3. The zero-order valence-electron chi connectivity index (χ0n) is 32.7. The van der Waals surface area contributed by atoms with Crippen LogP contribution in [0.15, 0.2) is 58.0 Å². The first kappa shape index (κ1) is 39.2. The van der Waals surface area contributed by atoms with Crippen molar-refractivity contribution >= 4 is 39.9 Å². The SMILES string of the molecule is C=C(NCC(=O)N(CCC)Cc1ncc(-c2ccc(-c3ccc(-c4cnc(CN(CCC)C(=O)CNC(=O)CC)[nH]4)c4nc(C)oc34)c3nc(C)oc23)[nH]1)OC. The Labute approximate surface area is 324 Å². The molecule has 0 fully saturated rings. The summed E-state index contributed by atoms with van der Waals surface area (Å²) < 4.78 is 17.5. The number of imidazole rings is 2. The first-order chi connectivity index (χ1) is 27.0. The Balaban J connectivity index is 1.27. The molecule has 0 atom stereocenters. The highest BCUT2D eigenvalue weighted by atomic mass is 16.5. The summed E-state index contributed by atoms with van der Waals surface area (Å²) in [6.07, 6.45) is 5.31. The largest absolute Gasteiger partial charge is 0.483 e. The highest BCUT2D eigenvalue weighted by molar-refractivity contribution is 6.06. The topological polar surface area (TPSA) is 200 Å². The van der Waals surface area contributed by atoms with Gasteiger partial charge in [0.2, 0.25) is 17.7 Å². The van der Waals surface area contributed by atoms with Gasteiger partial charge in [-0.2, -0.15) is 0 Å². The lowest BCUT2D eigenvalue weighted by Gasteiger charge is -2.21. The van der Waals surface area contributed by atoms with Gasteiger partial charge < -0.3 is 44.0 Å². The summed E-state index contributed by atoms with van der Waals surface area (Å²) in [7, 11) is 1.49. The lowest BCUT2D eigenvalue weighted by molar-refractivity contribution is -0.133.